The molecule has 2 saturated heterocycles. The Bertz CT molecular complexity index is 2330. The van der Waals surface area contributed by atoms with Gasteiger partial charge in [0.1, 0.15) is 72.2 Å². The first-order valence-corrected chi connectivity index (χ1v) is 26.5. The van der Waals surface area contributed by atoms with E-state index in [2.05, 4.69) is 10.6 Å². The summed E-state index contributed by atoms with van der Waals surface area (Å²) in [5.74, 6) is 0. The maximum atomic E-state index is 12.2. The highest BCUT2D eigenvalue weighted by molar-refractivity contribution is 5.68. The first-order chi connectivity index (χ1) is 37.5. The number of carbonyl (C=O) groups excluding carboxylic acids is 2. The molecular formula is C58H88N4O18. The van der Waals surface area contributed by atoms with E-state index in [1.54, 1.807) is 93.5 Å². The Labute approximate surface area is 469 Å². The van der Waals surface area contributed by atoms with Gasteiger partial charge in [-0.15, -0.1) is 0 Å². The Hall–Kier alpha value is -5.22. The van der Waals surface area contributed by atoms with Gasteiger partial charge in [0.2, 0.25) is 0 Å². The van der Waals surface area contributed by atoms with Crippen molar-refractivity contribution >= 4 is 12.2 Å². The maximum Gasteiger partial charge on any atom is 0.407 e. The first-order valence-electron chi connectivity index (χ1n) is 26.5. The highest BCUT2D eigenvalue weighted by atomic mass is 16.7. The summed E-state index contributed by atoms with van der Waals surface area (Å²) in [7, 11) is 0. The Morgan fingerprint density at radius 1 is 0.475 bits per heavy atom. The Morgan fingerprint density at radius 3 is 1.11 bits per heavy atom. The van der Waals surface area contributed by atoms with E-state index in [0.29, 0.717) is 5.56 Å². The molecule has 18 unspecified atom stereocenters. The number of nitrogens with two attached hydrogens (primary N) is 2. The maximum absolute atomic E-state index is 12.2. The molecule has 22 nitrogen and oxygen atoms in total. The summed E-state index contributed by atoms with van der Waals surface area (Å²) in [6.07, 6.45) is -17.3. The minimum absolute atomic E-state index is 0.211. The molecule has 2 aliphatic heterocycles. The van der Waals surface area contributed by atoms with Gasteiger partial charge in [0.15, 0.2) is 12.6 Å². The Morgan fingerprint density at radius 2 is 0.787 bits per heavy atom. The van der Waals surface area contributed by atoms with E-state index in [9.17, 15) is 60.7 Å². The number of nitrogens with one attached hydrogen (secondary N) is 2. The van der Waals surface area contributed by atoms with Crippen LogP contribution in [0.4, 0.5) is 9.59 Å². The largest absolute Gasteiger partial charge is 0.444 e. The van der Waals surface area contributed by atoms with Crippen LogP contribution in [0.1, 0.15) is 116 Å². The van der Waals surface area contributed by atoms with Crippen molar-refractivity contribution in [2.75, 3.05) is 13.2 Å². The number of hydrogen-bond acceptors (Lipinski definition) is 20. The summed E-state index contributed by atoms with van der Waals surface area (Å²) in [4.78, 5) is 23.7. The molecule has 0 aromatic heterocycles. The molecule has 448 valence electrons. The monoisotopic (exact) mass is 1130 g/mol. The van der Waals surface area contributed by atoms with Crippen molar-refractivity contribution in [3.63, 3.8) is 0 Å². The molecule has 4 aromatic carbocycles. The molecular weight excluding hydrogens is 1040 g/mol. The minimum atomic E-state index is -1.56. The zero-order chi connectivity index (χ0) is 60.1. The van der Waals surface area contributed by atoms with Gasteiger partial charge in [-0.1, -0.05) is 121 Å². The van der Waals surface area contributed by atoms with Crippen LogP contribution < -0.4 is 22.1 Å². The summed E-state index contributed by atoms with van der Waals surface area (Å²) in [5.41, 5.74) is 13.4. The number of benzene rings is 4. The lowest BCUT2D eigenvalue weighted by Gasteiger charge is -2.41. The molecule has 2 aliphatic rings. The number of carbonyl (C=O) groups is 2. The van der Waals surface area contributed by atoms with Gasteiger partial charge in [-0.25, -0.2) is 9.59 Å². The molecule has 0 radical (unpaired) electrons. The standard InChI is InChI=1S/C20H31NO8.C15H23NO6.C14H21NO3.C9H13NO/c1-11(21-19(26)29-20(2,3)4)17(12-8-6-5-7-9-12)28-18-16(25)15(24)14(23)13(10-22)27-18;1-8(16)14(9-5-3-2-4-6-9)22-15-13(20)12(19)11(18)10(7-17)21-15;1-10(15-13(17)18-14(2,3)4)12(16)11-8-6-5-7-9-11;1-7(10)9(11)8-5-3-2-4-6-8/h5-9,11,13-18,22-25H,10H2,1-4H3,(H,21,26);2-6,8,10-15,17-20H,7,16H2,1H3;5-10,12,16H,1-4H3,(H,15,17);2-7,9,11H,10H2,1H3. The summed E-state index contributed by atoms with van der Waals surface area (Å²) in [6.45, 7) is 16.5. The number of aliphatic hydroxyl groups is 10. The summed E-state index contributed by atoms with van der Waals surface area (Å²) >= 11 is 0. The molecule has 0 spiro atoms. The van der Waals surface area contributed by atoms with Crippen LogP contribution in [0.5, 0.6) is 0 Å². The van der Waals surface area contributed by atoms with Crippen LogP contribution in [0, 0.1) is 0 Å². The first kappa shape index (κ1) is 69.1. The van der Waals surface area contributed by atoms with Crippen molar-refractivity contribution in [2.45, 2.75) is 190 Å². The molecule has 0 saturated carbocycles. The number of aliphatic hydroxyl groups excluding tert-OH is 10. The summed E-state index contributed by atoms with van der Waals surface area (Å²) in [6, 6.07) is 35.2. The van der Waals surface area contributed by atoms with E-state index in [0.717, 1.165) is 16.7 Å². The molecule has 2 heterocycles. The van der Waals surface area contributed by atoms with Crippen molar-refractivity contribution in [1.29, 1.82) is 0 Å². The second-order valence-corrected chi connectivity index (χ2v) is 21.6. The topological polar surface area (TPSA) is 368 Å². The molecule has 22 heteroatoms. The van der Waals surface area contributed by atoms with Gasteiger partial charge in [0.25, 0.3) is 0 Å². The molecule has 80 heavy (non-hydrogen) atoms. The fraction of sp³-hybridized carbons (Fsp3) is 0.552. The van der Waals surface area contributed by atoms with Crippen molar-refractivity contribution in [3.8, 4) is 0 Å². The molecule has 16 N–H and O–H groups in total. The van der Waals surface area contributed by atoms with E-state index in [-0.39, 0.29) is 6.04 Å². The van der Waals surface area contributed by atoms with Crippen molar-refractivity contribution in [1.82, 2.24) is 10.6 Å². The Kier molecular flexibility index (Phi) is 28.5. The number of amides is 2. The second kappa shape index (κ2) is 33.0. The predicted octanol–water partition coefficient (Wildman–Crippen LogP) is 3.05. The van der Waals surface area contributed by atoms with E-state index in [1.165, 1.54) is 0 Å². The fourth-order valence-electron chi connectivity index (χ4n) is 7.96. The van der Waals surface area contributed by atoms with Crippen LogP contribution in [0.3, 0.4) is 0 Å². The summed E-state index contributed by atoms with van der Waals surface area (Å²) in [5, 5.41) is 103. The van der Waals surface area contributed by atoms with E-state index in [4.69, 9.17) is 39.9 Å². The number of alkyl carbamates (subject to hydrolysis) is 2. The van der Waals surface area contributed by atoms with Crippen molar-refractivity contribution in [2.24, 2.45) is 11.5 Å². The fourth-order valence-corrected chi connectivity index (χ4v) is 7.96. The van der Waals surface area contributed by atoms with Crippen LogP contribution in [0.15, 0.2) is 121 Å². The average molecular weight is 1130 g/mol. The highest BCUT2D eigenvalue weighted by Gasteiger charge is 2.47. The lowest BCUT2D eigenvalue weighted by molar-refractivity contribution is -0.314. The number of ether oxygens (including phenoxy) is 6. The number of rotatable bonds is 16. The van der Waals surface area contributed by atoms with Crippen LogP contribution in [-0.2, 0) is 28.4 Å². The van der Waals surface area contributed by atoms with E-state index in [1.807, 2.05) is 97.1 Å². The quantitative estimate of drug-likeness (QED) is 0.0766. The minimum Gasteiger partial charge on any atom is -0.444 e. The molecule has 4 aromatic rings. The third-order valence-electron chi connectivity index (χ3n) is 12.2. The Balaban J connectivity index is 0.000000294. The molecule has 0 aliphatic carbocycles. The predicted molar refractivity (Wildman–Crippen MR) is 296 cm³/mol. The third-order valence-corrected chi connectivity index (χ3v) is 12.2. The van der Waals surface area contributed by atoms with Gasteiger partial charge in [0, 0.05) is 12.1 Å². The van der Waals surface area contributed by atoms with E-state index >= 15 is 0 Å². The molecule has 2 fully saturated rings. The SMILES string of the molecule is CC(N)C(O)c1ccccc1.CC(N)C(OC1OC(CO)C(O)C(O)C1O)c1ccccc1.CC(NC(=O)OC(C)(C)C)C(O)c1ccccc1.CC(NC(=O)OC(C)(C)C)C(OC1OC(CO)C(O)C(O)C1O)c1ccccc1. The smallest absolute Gasteiger partial charge is 0.407 e. The van der Waals surface area contributed by atoms with Gasteiger partial charge in [-0.2, -0.15) is 0 Å². The van der Waals surface area contributed by atoms with Gasteiger partial charge >= 0.3 is 12.2 Å². The normalized spacial score (nSPS) is 25.9. The lowest BCUT2D eigenvalue weighted by atomic mass is 9.98. The van der Waals surface area contributed by atoms with Crippen LogP contribution in [0.2, 0.25) is 0 Å². The van der Waals surface area contributed by atoms with Gasteiger partial charge in [0.05, 0.1) is 37.5 Å². The zero-order valence-corrected chi connectivity index (χ0v) is 47.2. The molecule has 0 bridgehead atoms. The second-order valence-electron chi connectivity index (χ2n) is 21.6. The molecule has 2 amide bonds. The van der Waals surface area contributed by atoms with Crippen molar-refractivity contribution < 1.29 is 89.1 Å². The zero-order valence-electron chi connectivity index (χ0n) is 47.2. The van der Waals surface area contributed by atoms with E-state index < -0.39 is 141 Å². The highest BCUT2D eigenvalue weighted by Crippen LogP contribution is 2.31. The van der Waals surface area contributed by atoms with Gasteiger partial charge < -0.3 is 102 Å². The van der Waals surface area contributed by atoms with Crippen molar-refractivity contribution in [3.05, 3.63) is 144 Å². The van der Waals surface area contributed by atoms with Crippen LogP contribution in [-0.4, -0.2) is 173 Å². The third kappa shape index (κ3) is 22.6. The summed E-state index contributed by atoms with van der Waals surface area (Å²) < 4.78 is 32.8. The van der Waals surface area contributed by atoms with Gasteiger partial charge in [-0.05, 0) is 91.5 Å². The van der Waals surface area contributed by atoms with Crippen LogP contribution in [0.25, 0.3) is 0 Å². The van der Waals surface area contributed by atoms with Gasteiger partial charge in [-0.3, -0.25) is 0 Å². The van der Waals surface area contributed by atoms with Crippen LogP contribution >= 0.6 is 0 Å². The molecule has 18 atom stereocenters. The molecule has 6 rings (SSSR count). The number of hydrogen-bond donors (Lipinski definition) is 14. The lowest BCUT2D eigenvalue weighted by Crippen LogP contribution is -2.59. The average Bonchev–Trinajstić information content (AvgIpc) is 3.42.